The molecule has 2 aromatic heterocycles. The third-order valence-electron chi connectivity index (χ3n) is 7.17. The van der Waals surface area contributed by atoms with Gasteiger partial charge in [-0.15, -0.1) is 11.3 Å². The van der Waals surface area contributed by atoms with Crippen molar-refractivity contribution in [1.29, 1.82) is 0 Å². The Morgan fingerprint density at radius 2 is 1.86 bits per heavy atom. The Hall–Kier alpha value is -3.26. The Kier molecular flexibility index (Phi) is 7.32. The lowest BCUT2D eigenvalue weighted by atomic mass is 9.90. The Labute approximate surface area is 215 Å². The standard InChI is InChI=1S/C28H31N3O4S/c1-35-25-13-10-19(16-29-25)22-8-4-5-9-23(22)24-17-36-28(30-24)31(21-11-12-21)27(34)20(15-26(32)33)14-18-6-2-3-7-18/h4-5,8-10,13,16-18,20-21H,2-3,6-7,11-12,14-15H2,1H3,(H,32,33)/t20-/m1/s1. The molecule has 2 fully saturated rings. The zero-order valence-electron chi connectivity index (χ0n) is 20.4. The van der Waals surface area contributed by atoms with Crippen molar-refractivity contribution < 1.29 is 19.4 Å². The molecular weight excluding hydrogens is 474 g/mol. The average Bonchev–Trinajstić information content (AvgIpc) is 3.36. The minimum Gasteiger partial charge on any atom is -0.481 e. The molecule has 1 atom stereocenters. The van der Waals surface area contributed by atoms with Gasteiger partial charge in [0, 0.05) is 40.7 Å². The maximum atomic E-state index is 13.8. The first-order valence-corrected chi connectivity index (χ1v) is 13.5. The molecule has 0 radical (unpaired) electrons. The second kappa shape index (κ2) is 10.8. The number of rotatable bonds is 10. The fourth-order valence-electron chi connectivity index (χ4n) is 5.21. The molecule has 0 bridgehead atoms. The van der Waals surface area contributed by atoms with Gasteiger partial charge < -0.3 is 9.84 Å². The number of carboxylic acids is 1. The van der Waals surface area contributed by atoms with Crippen molar-refractivity contribution in [3.8, 4) is 28.3 Å². The van der Waals surface area contributed by atoms with Crippen LogP contribution in [0.4, 0.5) is 5.13 Å². The second-order valence-corrected chi connectivity index (χ2v) is 10.6. The van der Waals surface area contributed by atoms with Gasteiger partial charge in [-0.3, -0.25) is 14.5 Å². The molecule has 1 amide bonds. The number of aliphatic carboxylic acids is 1. The average molecular weight is 506 g/mol. The fourth-order valence-corrected chi connectivity index (χ4v) is 6.11. The number of aromatic nitrogens is 2. The van der Waals surface area contributed by atoms with Gasteiger partial charge in [-0.25, -0.2) is 9.97 Å². The molecule has 2 saturated carbocycles. The number of carbonyl (C=O) groups is 2. The Morgan fingerprint density at radius 3 is 2.50 bits per heavy atom. The number of hydrogen-bond donors (Lipinski definition) is 1. The molecule has 0 spiro atoms. The van der Waals surface area contributed by atoms with Gasteiger partial charge in [0.2, 0.25) is 11.8 Å². The summed E-state index contributed by atoms with van der Waals surface area (Å²) in [6.07, 6.45) is 8.69. The molecule has 0 unspecified atom stereocenters. The third-order valence-corrected chi connectivity index (χ3v) is 8.01. The highest BCUT2D eigenvalue weighted by molar-refractivity contribution is 7.14. The molecule has 36 heavy (non-hydrogen) atoms. The Balaban J connectivity index is 1.43. The van der Waals surface area contributed by atoms with Gasteiger partial charge in [0.15, 0.2) is 5.13 Å². The van der Waals surface area contributed by atoms with Crippen molar-refractivity contribution >= 4 is 28.3 Å². The van der Waals surface area contributed by atoms with Crippen LogP contribution in [0.2, 0.25) is 0 Å². The number of ether oxygens (including phenoxy) is 1. The van der Waals surface area contributed by atoms with Crippen LogP contribution in [0.3, 0.4) is 0 Å². The van der Waals surface area contributed by atoms with E-state index in [0.717, 1.165) is 48.1 Å². The zero-order valence-corrected chi connectivity index (χ0v) is 21.2. The molecule has 1 N–H and O–H groups in total. The molecule has 2 aliphatic carbocycles. The molecule has 0 aliphatic heterocycles. The number of anilines is 1. The van der Waals surface area contributed by atoms with E-state index in [9.17, 15) is 14.7 Å². The Bertz CT molecular complexity index is 1220. The normalized spacial score (nSPS) is 16.6. The number of carboxylic acid groups (broad SMARTS) is 1. The van der Waals surface area contributed by atoms with Gasteiger partial charge in [-0.2, -0.15) is 0 Å². The van der Waals surface area contributed by atoms with E-state index in [-0.39, 0.29) is 18.4 Å². The summed E-state index contributed by atoms with van der Waals surface area (Å²) in [6.45, 7) is 0. The van der Waals surface area contributed by atoms with Gasteiger partial charge in [-0.05, 0) is 36.8 Å². The minimum atomic E-state index is -0.913. The smallest absolute Gasteiger partial charge is 0.304 e. The van der Waals surface area contributed by atoms with Crippen LogP contribution in [0.15, 0.2) is 48.0 Å². The molecule has 0 saturated heterocycles. The lowest BCUT2D eigenvalue weighted by molar-refractivity contribution is -0.141. The minimum absolute atomic E-state index is 0.0830. The van der Waals surface area contributed by atoms with E-state index in [1.807, 2.05) is 41.8 Å². The van der Waals surface area contributed by atoms with Gasteiger partial charge in [0.25, 0.3) is 0 Å². The van der Waals surface area contributed by atoms with Crippen molar-refractivity contribution in [2.75, 3.05) is 12.0 Å². The summed E-state index contributed by atoms with van der Waals surface area (Å²) in [7, 11) is 1.59. The SMILES string of the molecule is COc1ccc(-c2ccccc2-c2csc(N(C(=O)[C@@H](CC(=O)O)CC3CCCC3)C3CC3)n2)cn1. The second-order valence-electron chi connectivity index (χ2n) is 9.77. The monoisotopic (exact) mass is 505 g/mol. The summed E-state index contributed by atoms with van der Waals surface area (Å²) in [5.41, 5.74) is 3.71. The number of amides is 1. The third kappa shape index (κ3) is 5.43. The van der Waals surface area contributed by atoms with Gasteiger partial charge in [0.1, 0.15) is 0 Å². The van der Waals surface area contributed by atoms with Crippen molar-refractivity contribution in [1.82, 2.24) is 9.97 Å². The fraction of sp³-hybridized carbons (Fsp3) is 0.429. The quantitative estimate of drug-likeness (QED) is 0.361. The molecular formula is C28H31N3O4S. The van der Waals surface area contributed by atoms with E-state index in [0.29, 0.717) is 23.4 Å². The van der Waals surface area contributed by atoms with Gasteiger partial charge >= 0.3 is 5.97 Å². The molecule has 188 valence electrons. The first-order chi connectivity index (χ1) is 17.5. The number of nitrogens with zero attached hydrogens (tertiary/aromatic N) is 3. The van der Waals surface area contributed by atoms with Crippen molar-refractivity contribution in [3.63, 3.8) is 0 Å². The largest absolute Gasteiger partial charge is 0.481 e. The number of methoxy groups -OCH3 is 1. The van der Waals surface area contributed by atoms with Crippen LogP contribution in [0.1, 0.15) is 51.4 Å². The summed E-state index contributed by atoms with van der Waals surface area (Å²) in [6, 6.07) is 11.9. The van der Waals surface area contributed by atoms with Crippen LogP contribution in [-0.2, 0) is 9.59 Å². The number of thiazole rings is 1. The molecule has 3 aromatic rings. The maximum absolute atomic E-state index is 13.8. The van der Waals surface area contributed by atoms with Crippen LogP contribution in [0.25, 0.3) is 22.4 Å². The van der Waals surface area contributed by atoms with Gasteiger partial charge in [-0.1, -0.05) is 49.9 Å². The van der Waals surface area contributed by atoms with Crippen LogP contribution >= 0.6 is 11.3 Å². The van der Waals surface area contributed by atoms with E-state index in [2.05, 4.69) is 4.98 Å². The maximum Gasteiger partial charge on any atom is 0.304 e. The number of benzene rings is 1. The van der Waals surface area contributed by atoms with Crippen LogP contribution in [0.5, 0.6) is 5.88 Å². The molecule has 7 nitrogen and oxygen atoms in total. The topological polar surface area (TPSA) is 92.6 Å². The van der Waals surface area contributed by atoms with E-state index < -0.39 is 11.9 Å². The summed E-state index contributed by atoms with van der Waals surface area (Å²) in [5, 5.41) is 12.2. The molecule has 2 aliphatic rings. The number of hydrogen-bond acceptors (Lipinski definition) is 6. The first kappa shape index (κ1) is 24.4. The summed E-state index contributed by atoms with van der Waals surface area (Å²) in [4.78, 5) is 36.4. The van der Waals surface area contributed by atoms with E-state index in [1.165, 1.54) is 24.2 Å². The van der Waals surface area contributed by atoms with Crippen molar-refractivity contribution in [3.05, 3.63) is 48.0 Å². The highest BCUT2D eigenvalue weighted by atomic mass is 32.1. The van der Waals surface area contributed by atoms with E-state index >= 15 is 0 Å². The summed E-state index contributed by atoms with van der Waals surface area (Å²) in [5.74, 6) is -0.504. The predicted octanol–water partition coefficient (Wildman–Crippen LogP) is 6.05. The van der Waals surface area contributed by atoms with Crippen molar-refractivity contribution in [2.24, 2.45) is 11.8 Å². The molecule has 2 heterocycles. The lowest BCUT2D eigenvalue weighted by Gasteiger charge is -2.26. The number of carbonyl (C=O) groups excluding carboxylic acids is 1. The highest BCUT2D eigenvalue weighted by Gasteiger charge is 2.40. The van der Waals surface area contributed by atoms with Crippen LogP contribution in [0, 0.1) is 11.8 Å². The van der Waals surface area contributed by atoms with E-state index in [4.69, 9.17) is 9.72 Å². The van der Waals surface area contributed by atoms with E-state index in [1.54, 1.807) is 18.2 Å². The Morgan fingerprint density at radius 1 is 1.11 bits per heavy atom. The van der Waals surface area contributed by atoms with Gasteiger partial charge in [0.05, 0.1) is 19.2 Å². The molecule has 8 heteroatoms. The molecule has 5 rings (SSSR count). The highest BCUT2D eigenvalue weighted by Crippen LogP contribution is 2.40. The van der Waals surface area contributed by atoms with Crippen LogP contribution in [-0.4, -0.2) is 40.1 Å². The predicted molar refractivity (Wildman–Crippen MR) is 140 cm³/mol. The molecule has 1 aromatic carbocycles. The number of pyridine rings is 1. The van der Waals surface area contributed by atoms with Crippen LogP contribution < -0.4 is 9.64 Å². The first-order valence-electron chi connectivity index (χ1n) is 12.6. The van der Waals surface area contributed by atoms with Crippen molar-refractivity contribution in [2.45, 2.75) is 57.4 Å². The summed E-state index contributed by atoms with van der Waals surface area (Å²) < 4.78 is 5.19. The zero-order chi connectivity index (χ0) is 25.1. The lowest BCUT2D eigenvalue weighted by Crippen LogP contribution is -2.39. The summed E-state index contributed by atoms with van der Waals surface area (Å²) >= 11 is 1.45.